The van der Waals surface area contributed by atoms with E-state index in [2.05, 4.69) is 31.2 Å². The Morgan fingerprint density at radius 1 is 0.929 bits per heavy atom. The molecule has 0 unspecified atom stereocenters. The highest BCUT2D eigenvalue weighted by atomic mass is 79.9. The van der Waals surface area contributed by atoms with Gasteiger partial charge in [0, 0.05) is 27.5 Å². The zero-order chi connectivity index (χ0) is 19.3. The molecule has 0 aliphatic heterocycles. The molecule has 1 heterocycles. The molecular weight excluding hydrogens is 414 g/mol. The molecule has 0 aliphatic rings. The van der Waals surface area contributed by atoms with Crippen LogP contribution in [0.25, 0.3) is 10.9 Å². The zero-order valence-electron chi connectivity index (χ0n) is 15.0. The first-order chi connectivity index (χ1) is 13.7. The molecule has 1 N–H and O–H groups in total. The standard InChI is InChI=1S/C23H17BrN3O/c24-18-10-5-16(6-11-18)7-14-22(28)17-8-12-19(13-9-17)27-23-20-3-1-2-4-21(20)25-15-26-23/h1-13,15H,14H2,(H,25,26,27). The lowest BCUT2D eigenvalue weighted by molar-refractivity contribution is 0.0992. The number of benzene rings is 3. The first-order valence-corrected chi connectivity index (χ1v) is 9.67. The molecule has 0 aliphatic carbocycles. The number of Topliss-reactive ketones (excluding diaryl/α,β-unsaturated/α-hetero) is 1. The Balaban J connectivity index is 1.43. The largest absolute Gasteiger partial charge is 0.340 e. The molecule has 0 saturated heterocycles. The first-order valence-electron chi connectivity index (χ1n) is 8.88. The molecule has 5 heteroatoms. The van der Waals surface area contributed by atoms with Crippen molar-refractivity contribution in [3.05, 3.63) is 101 Å². The molecule has 0 fully saturated rings. The number of rotatable bonds is 6. The predicted octanol–water partition coefficient (Wildman–Crippen LogP) is 5.96. The zero-order valence-corrected chi connectivity index (χ0v) is 16.6. The molecule has 3 aromatic carbocycles. The number of carbonyl (C=O) groups is 1. The number of carbonyl (C=O) groups excluding carboxylic acids is 1. The highest BCUT2D eigenvalue weighted by Crippen LogP contribution is 2.23. The van der Waals surface area contributed by atoms with E-state index in [1.807, 2.05) is 79.2 Å². The second-order valence-corrected chi connectivity index (χ2v) is 7.24. The normalized spacial score (nSPS) is 10.8. The van der Waals surface area contributed by atoms with Gasteiger partial charge in [0.2, 0.25) is 0 Å². The van der Waals surface area contributed by atoms with Crippen LogP contribution in [0.5, 0.6) is 0 Å². The van der Waals surface area contributed by atoms with E-state index in [4.69, 9.17) is 0 Å². The van der Waals surface area contributed by atoms with Crippen molar-refractivity contribution in [2.45, 2.75) is 6.42 Å². The maximum Gasteiger partial charge on any atom is 0.163 e. The van der Waals surface area contributed by atoms with Crippen LogP contribution >= 0.6 is 15.9 Å². The van der Waals surface area contributed by atoms with Gasteiger partial charge in [0.05, 0.1) is 5.52 Å². The van der Waals surface area contributed by atoms with Crippen LogP contribution in [0.2, 0.25) is 0 Å². The Bertz CT molecular complexity index is 1100. The van der Waals surface area contributed by atoms with Gasteiger partial charge in [0.25, 0.3) is 0 Å². The van der Waals surface area contributed by atoms with Crippen LogP contribution < -0.4 is 5.32 Å². The topological polar surface area (TPSA) is 54.9 Å². The summed E-state index contributed by atoms with van der Waals surface area (Å²) < 4.78 is 1.02. The Labute approximate surface area is 171 Å². The number of nitrogens with zero attached hydrogens (tertiary/aromatic N) is 2. The molecule has 0 amide bonds. The number of halogens is 1. The summed E-state index contributed by atoms with van der Waals surface area (Å²) in [5, 5.41) is 4.25. The van der Waals surface area contributed by atoms with E-state index >= 15 is 0 Å². The summed E-state index contributed by atoms with van der Waals surface area (Å²) in [4.78, 5) is 21.0. The quantitative estimate of drug-likeness (QED) is 0.383. The van der Waals surface area contributed by atoms with E-state index in [1.54, 1.807) is 6.33 Å². The summed E-state index contributed by atoms with van der Waals surface area (Å²) >= 11 is 3.41. The molecule has 137 valence electrons. The van der Waals surface area contributed by atoms with Gasteiger partial charge < -0.3 is 5.32 Å². The summed E-state index contributed by atoms with van der Waals surface area (Å²) in [5.74, 6) is 0.829. The maximum atomic E-state index is 12.4. The van der Waals surface area contributed by atoms with Crippen molar-refractivity contribution in [1.82, 2.24) is 9.97 Å². The molecule has 0 bridgehead atoms. The fourth-order valence-corrected chi connectivity index (χ4v) is 3.17. The predicted molar refractivity (Wildman–Crippen MR) is 116 cm³/mol. The molecule has 4 nitrogen and oxygen atoms in total. The number of anilines is 2. The van der Waals surface area contributed by atoms with Gasteiger partial charge in [0.15, 0.2) is 5.78 Å². The number of para-hydroxylation sites is 1. The molecule has 0 atom stereocenters. The van der Waals surface area contributed by atoms with Crippen molar-refractivity contribution in [3.63, 3.8) is 0 Å². The lowest BCUT2D eigenvalue weighted by Gasteiger charge is -2.09. The maximum absolute atomic E-state index is 12.4. The minimum absolute atomic E-state index is 0.0851. The van der Waals surface area contributed by atoms with Gasteiger partial charge >= 0.3 is 0 Å². The smallest absolute Gasteiger partial charge is 0.163 e. The third-order valence-corrected chi connectivity index (χ3v) is 4.93. The van der Waals surface area contributed by atoms with Crippen molar-refractivity contribution < 1.29 is 4.79 Å². The third-order valence-electron chi connectivity index (χ3n) is 4.41. The Morgan fingerprint density at radius 3 is 2.46 bits per heavy atom. The average molecular weight is 431 g/mol. The molecule has 4 rings (SSSR count). The molecule has 1 aromatic heterocycles. The van der Waals surface area contributed by atoms with E-state index in [-0.39, 0.29) is 5.78 Å². The van der Waals surface area contributed by atoms with E-state index in [0.717, 1.165) is 32.4 Å². The summed E-state index contributed by atoms with van der Waals surface area (Å²) in [5.41, 5.74) is 3.48. The second-order valence-electron chi connectivity index (χ2n) is 6.32. The van der Waals surface area contributed by atoms with Gasteiger partial charge in [-0.25, -0.2) is 9.97 Å². The highest BCUT2D eigenvalue weighted by molar-refractivity contribution is 9.10. The van der Waals surface area contributed by atoms with E-state index in [1.165, 1.54) is 0 Å². The van der Waals surface area contributed by atoms with Gasteiger partial charge in [-0.05, 0) is 60.5 Å². The van der Waals surface area contributed by atoms with Crippen LogP contribution in [0.3, 0.4) is 0 Å². The molecule has 0 saturated carbocycles. The van der Waals surface area contributed by atoms with Crippen molar-refractivity contribution in [2.75, 3.05) is 5.32 Å². The van der Waals surface area contributed by atoms with Crippen molar-refractivity contribution in [2.24, 2.45) is 0 Å². The van der Waals surface area contributed by atoms with Crippen LogP contribution in [-0.4, -0.2) is 15.8 Å². The molecule has 28 heavy (non-hydrogen) atoms. The summed E-state index contributed by atoms with van der Waals surface area (Å²) in [6, 6.07) is 23.2. The van der Waals surface area contributed by atoms with Crippen LogP contribution in [0.4, 0.5) is 11.5 Å². The van der Waals surface area contributed by atoms with Crippen molar-refractivity contribution in [3.8, 4) is 0 Å². The summed E-state index contributed by atoms with van der Waals surface area (Å²) in [7, 11) is 0. The summed E-state index contributed by atoms with van der Waals surface area (Å²) in [6.07, 6.45) is 3.85. The third kappa shape index (κ3) is 4.26. The van der Waals surface area contributed by atoms with E-state index in [0.29, 0.717) is 12.0 Å². The van der Waals surface area contributed by atoms with Gasteiger partial charge in [-0.3, -0.25) is 4.79 Å². The number of hydrogen-bond donors (Lipinski definition) is 1. The van der Waals surface area contributed by atoms with Crippen molar-refractivity contribution >= 4 is 44.1 Å². The van der Waals surface area contributed by atoms with Crippen LogP contribution in [-0.2, 0) is 0 Å². The van der Waals surface area contributed by atoms with Gasteiger partial charge in [-0.2, -0.15) is 0 Å². The van der Waals surface area contributed by atoms with Gasteiger partial charge in [-0.15, -0.1) is 0 Å². The highest BCUT2D eigenvalue weighted by Gasteiger charge is 2.08. The fraction of sp³-hybridized carbons (Fsp3) is 0.0435. The van der Waals surface area contributed by atoms with E-state index < -0.39 is 0 Å². The Morgan fingerprint density at radius 2 is 1.68 bits per heavy atom. The lowest BCUT2D eigenvalue weighted by atomic mass is 10.0. The Hall–Kier alpha value is -3.05. The molecular formula is C23H17BrN3O. The molecule has 0 spiro atoms. The number of hydrogen-bond acceptors (Lipinski definition) is 4. The van der Waals surface area contributed by atoms with Crippen LogP contribution in [0.1, 0.15) is 22.3 Å². The minimum atomic E-state index is 0.0851. The monoisotopic (exact) mass is 430 g/mol. The number of fused-ring (bicyclic) bond motifs is 1. The van der Waals surface area contributed by atoms with Crippen LogP contribution in [0, 0.1) is 6.42 Å². The van der Waals surface area contributed by atoms with E-state index in [9.17, 15) is 4.79 Å². The number of nitrogens with one attached hydrogen (secondary N) is 1. The second kappa shape index (κ2) is 8.31. The fourth-order valence-electron chi connectivity index (χ4n) is 2.91. The summed E-state index contributed by atoms with van der Waals surface area (Å²) in [6.45, 7) is 0. The van der Waals surface area contributed by atoms with Gasteiger partial charge in [-0.1, -0.05) is 40.2 Å². The number of aromatic nitrogens is 2. The lowest BCUT2D eigenvalue weighted by Crippen LogP contribution is -2.01. The van der Waals surface area contributed by atoms with Crippen molar-refractivity contribution in [1.29, 1.82) is 0 Å². The minimum Gasteiger partial charge on any atom is -0.340 e. The first kappa shape index (κ1) is 18.3. The average Bonchev–Trinajstić information content (AvgIpc) is 2.74. The van der Waals surface area contributed by atoms with Gasteiger partial charge in [0.1, 0.15) is 12.1 Å². The number of ketones is 1. The molecule has 4 aromatic rings. The SMILES string of the molecule is O=C(C[CH]c1ccc(Br)cc1)c1ccc(Nc2ncnc3ccccc23)cc1. The molecule has 1 radical (unpaired) electrons. The van der Waals surface area contributed by atoms with Crippen LogP contribution in [0.15, 0.2) is 83.6 Å². The Kier molecular flexibility index (Phi) is 5.44.